The fourth-order valence-electron chi connectivity index (χ4n) is 2.11. The fraction of sp³-hybridized carbons (Fsp3) is 0.0588. The minimum atomic E-state index is -0.115. The number of fused-ring (bicyclic) bond motifs is 1. The minimum Gasteiger partial charge on any atom is -0.504 e. The first kappa shape index (κ1) is 12.4. The highest BCUT2D eigenvalue weighted by Crippen LogP contribution is 2.35. The van der Waals surface area contributed by atoms with Crippen molar-refractivity contribution in [3.63, 3.8) is 0 Å². The molecule has 3 heteroatoms. The van der Waals surface area contributed by atoms with Crippen molar-refractivity contribution < 1.29 is 14.9 Å². The third-order valence-electron chi connectivity index (χ3n) is 3.19. The van der Waals surface area contributed by atoms with Gasteiger partial charge in [0.2, 0.25) is 0 Å². The van der Waals surface area contributed by atoms with E-state index in [9.17, 15) is 10.2 Å². The number of hydrogen-bond donors (Lipinski definition) is 2. The Balaban J connectivity index is 1.85. The van der Waals surface area contributed by atoms with Crippen LogP contribution in [0, 0.1) is 0 Å². The molecule has 0 saturated heterocycles. The zero-order valence-electron chi connectivity index (χ0n) is 10.8. The van der Waals surface area contributed by atoms with Crippen LogP contribution < -0.4 is 4.74 Å². The van der Waals surface area contributed by atoms with Crippen molar-refractivity contribution in [3.8, 4) is 17.2 Å². The van der Waals surface area contributed by atoms with Crippen LogP contribution in [0.25, 0.3) is 10.8 Å². The van der Waals surface area contributed by atoms with E-state index in [1.807, 2.05) is 36.4 Å². The number of hydrogen-bond acceptors (Lipinski definition) is 3. The van der Waals surface area contributed by atoms with Crippen LogP contribution in [0.4, 0.5) is 0 Å². The molecule has 20 heavy (non-hydrogen) atoms. The Morgan fingerprint density at radius 3 is 2.45 bits per heavy atom. The van der Waals surface area contributed by atoms with Gasteiger partial charge in [-0.15, -0.1) is 0 Å². The molecule has 0 spiro atoms. The summed E-state index contributed by atoms with van der Waals surface area (Å²) in [6, 6.07) is 18.5. The fourth-order valence-corrected chi connectivity index (χ4v) is 2.11. The smallest absolute Gasteiger partial charge is 0.165 e. The van der Waals surface area contributed by atoms with E-state index in [-0.39, 0.29) is 11.5 Å². The van der Waals surface area contributed by atoms with Crippen LogP contribution in [0.5, 0.6) is 17.2 Å². The van der Waals surface area contributed by atoms with Crippen molar-refractivity contribution in [3.05, 3.63) is 66.2 Å². The molecular formula is C17H14O3. The monoisotopic (exact) mass is 266 g/mol. The summed E-state index contributed by atoms with van der Waals surface area (Å²) in [6.07, 6.45) is 0. The molecule has 3 aromatic carbocycles. The predicted octanol–water partition coefficient (Wildman–Crippen LogP) is 3.83. The lowest BCUT2D eigenvalue weighted by Crippen LogP contribution is -1.94. The van der Waals surface area contributed by atoms with Crippen molar-refractivity contribution in [1.29, 1.82) is 0 Å². The summed E-state index contributed by atoms with van der Waals surface area (Å²) < 4.78 is 5.73. The van der Waals surface area contributed by atoms with E-state index < -0.39 is 0 Å². The zero-order chi connectivity index (χ0) is 13.9. The molecule has 0 aromatic heterocycles. The minimum absolute atomic E-state index is 0.0999. The Labute approximate surface area is 116 Å². The second-order valence-electron chi connectivity index (χ2n) is 4.59. The number of ether oxygens (including phenoxy) is 1. The standard InChI is InChI=1S/C17H14O3/c18-16-9-6-13-10-14(7-8-15(13)17(16)19)20-11-12-4-2-1-3-5-12/h1-10,18-19H,11H2. The van der Waals surface area contributed by atoms with Gasteiger partial charge in [0.15, 0.2) is 11.5 Å². The summed E-state index contributed by atoms with van der Waals surface area (Å²) in [5.74, 6) is 0.513. The second-order valence-corrected chi connectivity index (χ2v) is 4.59. The van der Waals surface area contributed by atoms with Crippen LogP contribution in [0.3, 0.4) is 0 Å². The molecule has 3 aromatic rings. The lowest BCUT2D eigenvalue weighted by Gasteiger charge is -2.08. The highest BCUT2D eigenvalue weighted by atomic mass is 16.5. The van der Waals surface area contributed by atoms with Gasteiger partial charge in [0, 0.05) is 5.39 Å². The second kappa shape index (κ2) is 5.13. The van der Waals surface area contributed by atoms with Crippen LogP contribution in [0.2, 0.25) is 0 Å². The normalized spacial score (nSPS) is 10.6. The van der Waals surface area contributed by atoms with Crippen LogP contribution in [-0.2, 0) is 6.61 Å². The molecule has 0 bridgehead atoms. The lowest BCUT2D eigenvalue weighted by molar-refractivity contribution is 0.306. The number of benzene rings is 3. The molecule has 0 amide bonds. The molecule has 0 aliphatic rings. The summed E-state index contributed by atoms with van der Waals surface area (Å²) in [4.78, 5) is 0. The molecule has 0 saturated carbocycles. The van der Waals surface area contributed by atoms with Gasteiger partial charge in [0.1, 0.15) is 12.4 Å². The quantitative estimate of drug-likeness (QED) is 0.708. The maximum absolute atomic E-state index is 9.77. The van der Waals surface area contributed by atoms with Crippen molar-refractivity contribution in [2.24, 2.45) is 0 Å². The molecule has 0 heterocycles. The zero-order valence-corrected chi connectivity index (χ0v) is 10.8. The Bertz CT molecular complexity index is 736. The first-order chi connectivity index (χ1) is 9.74. The first-order valence-electron chi connectivity index (χ1n) is 6.35. The Morgan fingerprint density at radius 1 is 0.850 bits per heavy atom. The summed E-state index contributed by atoms with van der Waals surface area (Å²) >= 11 is 0. The molecule has 0 aliphatic heterocycles. The van der Waals surface area contributed by atoms with E-state index in [2.05, 4.69) is 0 Å². The van der Waals surface area contributed by atoms with E-state index >= 15 is 0 Å². The Morgan fingerprint density at radius 2 is 1.65 bits per heavy atom. The molecule has 3 rings (SSSR count). The van der Waals surface area contributed by atoms with Crippen molar-refractivity contribution in [2.75, 3.05) is 0 Å². The highest BCUT2D eigenvalue weighted by molar-refractivity contribution is 5.91. The molecule has 3 nitrogen and oxygen atoms in total. The number of phenols is 2. The molecule has 0 atom stereocenters. The molecule has 0 radical (unpaired) electrons. The topological polar surface area (TPSA) is 49.7 Å². The number of rotatable bonds is 3. The lowest BCUT2D eigenvalue weighted by atomic mass is 10.1. The number of aromatic hydroxyl groups is 2. The van der Waals surface area contributed by atoms with Gasteiger partial charge in [-0.2, -0.15) is 0 Å². The molecular weight excluding hydrogens is 252 g/mol. The first-order valence-corrected chi connectivity index (χ1v) is 6.35. The summed E-state index contributed by atoms with van der Waals surface area (Å²) in [7, 11) is 0. The Kier molecular flexibility index (Phi) is 3.17. The summed E-state index contributed by atoms with van der Waals surface area (Å²) in [6.45, 7) is 0.496. The van der Waals surface area contributed by atoms with E-state index in [1.54, 1.807) is 18.2 Å². The van der Waals surface area contributed by atoms with Crippen LogP contribution in [0.15, 0.2) is 60.7 Å². The van der Waals surface area contributed by atoms with Gasteiger partial charge < -0.3 is 14.9 Å². The van der Waals surface area contributed by atoms with Gasteiger partial charge >= 0.3 is 0 Å². The highest BCUT2D eigenvalue weighted by Gasteiger charge is 2.06. The average Bonchev–Trinajstić information content (AvgIpc) is 2.50. The van der Waals surface area contributed by atoms with E-state index in [4.69, 9.17) is 4.74 Å². The third kappa shape index (κ3) is 2.38. The maximum atomic E-state index is 9.77. The summed E-state index contributed by atoms with van der Waals surface area (Å²) in [5.41, 5.74) is 1.10. The molecule has 0 aliphatic carbocycles. The molecule has 0 fully saturated rings. The van der Waals surface area contributed by atoms with E-state index in [0.29, 0.717) is 12.0 Å². The van der Waals surface area contributed by atoms with Crippen molar-refractivity contribution in [1.82, 2.24) is 0 Å². The largest absolute Gasteiger partial charge is 0.504 e. The molecule has 2 N–H and O–H groups in total. The number of phenolic OH excluding ortho intramolecular Hbond substituents is 2. The van der Waals surface area contributed by atoms with Gasteiger partial charge in [-0.05, 0) is 35.2 Å². The van der Waals surface area contributed by atoms with Gasteiger partial charge in [0.25, 0.3) is 0 Å². The van der Waals surface area contributed by atoms with Gasteiger partial charge in [-0.1, -0.05) is 36.4 Å². The van der Waals surface area contributed by atoms with Crippen LogP contribution in [0.1, 0.15) is 5.56 Å². The summed E-state index contributed by atoms with van der Waals surface area (Å²) in [5, 5.41) is 20.7. The van der Waals surface area contributed by atoms with E-state index in [0.717, 1.165) is 16.7 Å². The van der Waals surface area contributed by atoms with E-state index in [1.165, 1.54) is 6.07 Å². The van der Waals surface area contributed by atoms with Crippen LogP contribution >= 0.6 is 0 Å². The van der Waals surface area contributed by atoms with Gasteiger partial charge in [0.05, 0.1) is 0 Å². The van der Waals surface area contributed by atoms with Gasteiger partial charge in [-0.3, -0.25) is 0 Å². The Hall–Kier alpha value is -2.68. The molecule has 100 valence electrons. The SMILES string of the molecule is Oc1ccc2cc(OCc3ccccc3)ccc2c1O. The van der Waals surface area contributed by atoms with Crippen molar-refractivity contribution >= 4 is 10.8 Å². The van der Waals surface area contributed by atoms with Crippen molar-refractivity contribution in [2.45, 2.75) is 6.61 Å². The van der Waals surface area contributed by atoms with Gasteiger partial charge in [-0.25, -0.2) is 0 Å². The molecule has 0 unspecified atom stereocenters. The third-order valence-corrected chi connectivity index (χ3v) is 3.19. The maximum Gasteiger partial charge on any atom is 0.165 e. The predicted molar refractivity (Wildman–Crippen MR) is 78.1 cm³/mol. The van der Waals surface area contributed by atoms with Crippen LogP contribution in [-0.4, -0.2) is 10.2 Å². The average molecular weight is 266 g/mol.